The summed E-state index contributed by atoms with van der Waals surface area (Å²) in [6.45, 7) is 0.781. The number of hydrogen-bond acceptors (Lipinski definition) is 8. The molecule has 4 N–H and O–H groups in total. The van der Waals surface area contributed by atoms with Gasteiger partial charge in [-0.25, -0.2) is 9.52 Å². The van der Waals surface area contributed by atoms with Crippen LogP contribution in [-0.2, 0) is 34.1 Å². The van der Waals surface area contributed by atoms with Crippen LogP contribution in [0.25, 0.3) is 0 Å². The molecule has 3 aliphatic heterocycles. The maximum absolute atomic E-state index is 13.5. The molecule has 4 unspecified atom stereocenters. The Balaban J connectivity index is 1.55. The number of nitrogens with two attached hydrogens (primary N) is 1. The largest absolute Gasteiger partial charge is 0.436 e. The Hall–Kier alpha value is -2.71. The molecule has 13 nitrogen and oxygen atoms in total. The highest BCUT2D eigenvalue weighted by molar-refractivity contribution is 7.87. The number of nitrogens with one attached hydrogen (secondary N) is 2. The Morgan fingerprint density at radius 1 is 1.13 bits per heavy atom. The van der Waals surface area contributed by atoms with Crippen molar-refractivity contribution in [1.29, 1.82) is 0 Å². The fraction of sp³-hybridized carbons (Fsp3) is 0.760. The van der Waals surface area contributed by atoms with Crippen LogP contribution in [0.5, 0.6) is 0 Å². The zero-order valence-electron chi connectivity index (χ0n) is 22.3. The Bertz CT molecular complexity index is 1100. The van der Waals surface area contributed by atoms with Gasteiger partial charge in [-0.2, -0.15) is 12.7 Å². The molecule has 4 aliphatic rings. The first-order valence-electron chi connectivity index (χ1n) is 13.7. The maximum Gasteiger partial charge on any atom is 0.405 e. The lowest BCUT2D eigenvalue weighted by Crippen LogP contribution is -2.58. The lowest BCUT2D eigenvalue weighted by atomic mass is 10.1. The van der Waals surface area contributed by atoms with E-state index in [0.717, 1.165) is 12.8 Å². The molecule has 3 heterocycles. The van der Waals surface area contributed by atoms with Gasteiger partial charge in [-0.05, 0) is 57.8 Å². The zero-order chi connectivity index (χ0) is 28.2. The maximum atomic E-state index is 13.5. The molecule has 2 saturated heterocycles. The van der Waals surface area contributed by atoms with Crippen LogP contribution in [0.15, 0.2) is 12.2 Å². The molecule has 3 fully saturated rings. The number of ether oxygens (including phenoxy) is 2. The van der Waals surface area contributed by atoms with E-state index in [1.54, 1.807) is 0 Å². The Morgan fingerprint density at radius 3 is 2.64 bits per heavy atom. The van der Waals surface area contributed by atoms with E-state index in [-0.39, 0.29) is 31.5 Å². The van der Waals surface area contributed by atoms with Gasteiger partial charge in [-0.3, -0.25) is 14.4 Å². The van der Waals surface area contributed by atoms with E-state index in [1.807, 2.05) is 12.2 Å². The Kier molecular flexibility index (Phi) is 9.17. The summed E-state index contributed by atoms with van der Waals surface area (Å²) in [5.41, 5.74) is 3.76. The van der Waals surface area contributed by atoms with Crippen LogP contribution in [0, 0.1) is 5.92 Å². The number of hydrogen-bond donors (Lipinski definition) is 3. The van der Waals surface area contributed by atoms with Crippen molar-refractivity contribution in [2.75, 3.05) is 26.8 Å². The van der Waals surface area contributed by atoms with Gasteiger partial charge < -0.3 is 25.4 Å². The van der Waals surface area contributed by atoms with Gasteiger partial charge in [0.25, 0.3) is 11.8 Å². The first-order valence-corrected chi connectivity index (χ1v) is 15.1. The van der Waals surface area contributed by atoms with Gasteiger partial charge in [0, 0.05) is 32.2 Å². The van der Waals surface area contributed by atoms with Gasteiger partial charge >= 0.3 is 16.3 Å². The predicted octanol–water partition coefficient (Wildman–Crippen LogP) is 0.308. The monoisotopic (exact) mass is 569 g/mol. The minimum absolute atomic E-state index is 0.217. The summed E-state index contributed by atoms with van der Waals surface area (Å²) >= 11 is 0. The summed E-state index contributed by atoms with van der Waals surface area (Å²) in [5.74, 6) is -2.23. The molecule has 0 aromatic carbocycles. The fourth-order valence-corrected chi connectivity index (χ4v) is 7.39. The number of fused-ring (bicyclic) bond motifs is 2. The molecular formula is C25H39N5O8S. The number of carbonyl (C=O) groups excluding carboxylic acids is 4. The molecule has 0 bridgehead atoms. The van der Waals surface area contributed by atoms with Crippen LogP contribution < -0.4 is 15.8 Å². The van der Waals surface area contributed by atoms with Crippen molar-refractivity contribution in [3.8, 4) is 0 Å². The number of primary amides is 1. The molecule has 0 spiro atoms. The van der Waals surface area contributed by atoms with Crippen molar-refractivity contribution in [2.45, 2.75) is 87.9 Å². The molecule has 1 saturated carbocycles. The van der Waals surface area contributed by atoms with Crippen LogP contribution >= 0.6 is 0 Å². The van der Waals surface area contributed by atoms with Crippen molar-refractivity contribution in [3.63, 3.8) is 0 Å². The second kappa shape index (κ2) is 12.2. The van der Waals surface area contributed by atoms with Gasteiger partial charge in [-0.1, -0.05) is 18.6 Å². The molecule has 39 heavy (non-hydrogen) atoms. The summed E-state index contributed by atoms with van der Waals surface area (Å²) in [7, 11) is -2.67. The second-order valence-electron chi connectivity index (χ2n) is 10.8. The average molecular weight is 570 g/mol. The highest BCUT2D eigenvalue weighted by atomic mass is 32.2. The van der Waals surface area contributed by atoms with Gasteiger partial charge in [-0.15, -0.1) is 0 Å². The van der Waals surface area contributed by atoms with Crippen molar-refractivity contribution < 1.29 is 37.1 Å². The normalized spacial score (nSPS) is 33.2. The second-order valence-corrected chi connectivity index (χ2v) is 12.4. The third-order valence-corrected chi connectivity index (χ3v) is 9.60. The van der Waals surface area contributed by atoms with E-state index in [1.165, 1.54) is 16.3 Å². The van der Waals surface area contributed by atoms with Gasteiger partial charge in [0.05, 0.1) is 6.61 Å². The summed E-state index contributed by atoms with van der Waals surface area (Å²) in [6.07, 6.45) is 7.31. The van der Waals surface area contributed by atoms with Crippen molar-refractivity contribution in [3.05, 3.63) is 12.2 Å². The zero-order valence-corrected chi connectivity index (χ0v) is 23.1. The highest BCUT2D eigenvalue weighted by Crippen LogP contribution is 2.45. The van der Waals surface area contributed by atoms with Crippen LogP contribution in [0.1, 0.15) is 64.2 Å². The molecule has 4 amide bonds. The van der Waals surface area contributed by atoms with Crippen molar-refractivity contribution in [1.82, 2.24) is 19.2 Å². The average Bonchev–Trinajstić information content (AvgIpc) is 3.21. The summed E-state index contributed by atoms with van der Waals surface area (Å²) in [4.78, 5) is 53.1. The van der Waals surface area contributed by atoms with Crippen LogP contribution in [-0.4, -0.2) is 92.0 Å². The van der Waals surface area contributed by atoms with E-state index < -0.39 is 51.7 Å². The Morgan fingerprint density at radius 2 is 1.90 bits per heavy atom. The van der Waals surface area contributed by atoms with E-state index in [4.69, 9.17) is 15.2 Å². The Labute approximate surface area is 229 Å². The highest BCUT2D eigenvalue weighted by Gasteiger charge is 2.61. The van der Waals surface area contributed by atoms with E-state index >= 15 is 0 Å². The van der Waals surface area contributed by atoms with Gasteiger partial charge in [0.15, 0.2) is 6.10 Å². The van der Waals surface area contributed by atoms with Crippen molar-refractivity contribution >= 4 is 34.0 Å². The lowest BCUT2D eigenvalue weighted by molar-refractivity contribution is -0.146. The SMILES string of the molecule is COC[C@@H]1CCCN1S(=O)(=O)NC(=O)C12CC1/C=C\CCCCCC(OC(N)=O)C(=O)N1CCCC1C(=O)N2. The number of rotatable bonds is 6. The minimum Gasteiger partial charge on any atom is -0.436 e. The third kappa shape index (κ3) is 6.55. The van der Waals surface area contributed by atoms with Crippen LogP contribution in [0.3, 0.4) is 0 Å². The molecular weight excluding hydrogens is 530 g/mol. The molecule has 5 atom stereocenters. The van der Waals surface area contributed by atoms with E-state index in [0.29, 0.717) is 51.5 Å². The lowest BCUT2D eigenvalue weighted by Gasteiger charge is -2.30. The smallest absolute Gasteiger partial charge is 0.405 e. The van der Waals surface area contributed by atoms with Crippen LogP contribution in [0.2, 0.25) is 0 Å². The number of allylic oxidation sites excluding steroid dienone is 1. The topological polar surface area (TPSA) is 177 Å². The van der Waals surface area contributed by atoms with E-state index in [9.17, 15) is 27.6 Å². The summed E-state index contributed by atoms with van der Waals surface area (Å²) in [6, 6.07) is -1.25. The summed E-state index contributed by atoms with van der Waals surface area (Å²) in [5, 5.41) is 2.80. The van der Waals surface area contributed by atoms with Gasteiger partial charge in [0.1, 0.15) is 11.6 Å². The van der Waals surface area contributed by atoms with Crippen LogP contribution in [0.4, 0.5) is 4.79 Å². The molecule has 218 valence electrons. The standard InChI is InChI=1S/C25H39N5O8S/c1-37-16-18-10-7-14-30(18)39(35,36)28-23(33)25-15-17(25)9-5-3-2-4-6-12-20(38-24(26)34)22(32)29-13-8-11-19(29)21(31)27-25/h5,9,17-20H,2-4,6-8,10-16H2,1H3,(H2,26,34)(H,27,31)(H,28,33)/b9-5-/t17?,18-,19?,20?,25?/m0/s1. The molecule has 14 heteroatoms. The van der Waals surface area contributed by atoms with E-state index in [2.05, 4.69) is 10.0 Å². The number of nitrogens with zero attached hydrogens (tertiary/aromatic N) is 2. The summed E-state index contributed by atoms with van der Waals surface area (Å²) < 4.78 is 40.0. The predicted molar refractivity (Wildman–Crippen MR) is 139 cm³/mol. The third-order valence-electron chi connectivity index (χ3n) is 8.06. The molecule has 4 rings (SSSR count). The number of carbonyl (C=O) groups is 4. The molecule has 1 aliphatic carbocycles. The first-order chi connectivity index (χ1) is 18.6. The molecule has 0 radical (unpaired) electrons. The number of methoxy groups -OCH3 is 1. The van der Waals surface area contributed by atoms with Crippen molar-refractivity contribution in [2.24, 2.45) is 11.7 Å². The molecule has 0 aromatic rings. The quantitative estimate of drug-likeness (QED) is 0.383. The number of amides is 4. The minimum atomic E-state index is -4.17. The first kappa shape index (κ1) is 29.3. The fourth-order valence-electron chi connectivity index (χ4n) is 5.93. The molecule has 0 aromatic heterocycles. The van der Waals surface area contributed by atoms with Gasteiger partial charge in [0.2, 0.25) is 5.91 Å².